The zero-order valence-corrected chi connectivity index (χ0v) is 30.3. The van der Waals surface area contributed by atoms with Crippen LogP contribution >= 0.6 is 0 Å². The fourth-order valence-electron chi connectivity index (χ4n) is 7.51. The van der Waals surface area contributed by atoms with E-state index in [-0.39, 0.29) is 43.2 Å². The Morgan fingerprint density at radius 1 is 0.368 bits per heavy atom. The average molecular weight is 767 g/mol. The van der Waals surface area contributed by atoms with E-state index in [1.807, 2.05) is 0 Å². The zero-order chi connectivity index (χ0) is 56.0. The topological polar surface area (TPSA) is 48.5 Å². The van der Waals surface area contributed by atoms with Gasteiger partial charge in [-0.15, -0.1) is 0 Å². The summed E-state index contributed by atoms with van der Waals surface area (Å²) in [6, 6.07) is 6.59. The number of hydrogen-bond donors (Lipinski definition) is 0. The van der Waals surface area contributed by atoms with Crippen molar-refractivity contribution in [2.24, 2.45) is 0 Å². The van der Waals surface area contributed by atoms with Crippen molar-refractivity contribution >= 4 is 72.4 Å². The van der Waals surface area contributed by atoms with E-state index in [1.54, 1.807) is 54.6 Å². The van der Waals surface area contributed by atoms with Gasteiger partial charge >= 0.3 is 0 Å². The molecule has 0 radical (unpaired) electrons. The van der Waals surface area contributed by atoms with Gasteiger partial charge in [0, 0.05) is 27.1 Å². The maximum absolute atomic E-state index is 10.5. The Balaban J connectivity index is 1.39. The molecule has 6 heteroatoms. The summed E-state index contributed by atoms with van der Waals surface area (Å²) in [6.45, 7) is 0. The minimum atomic E-state index is -5.28. The maximum Gasteiger partial charge on any atom is 0.240 e. The SMILES string of the molecule is [2H]c1cc([Si](c2ccccc2)(c2c([2H])c([2H])c([2H])c([2H])c2[2H])c2c([2H])c([2H])c([2H])c(-c3nc(-n4c5ccccc5c5c([2H])c([2H])c([2H])c([2H])c54)nc(-n4c5ccccc5c5c([2H])c([2H])c([2H])c([2H])c54)n3)c2[2H])c([2H])c([2H])c1[2H]. The summed E-state index contributed by atoms with van der Waals surface area (Å²) in [5.74, 6) is -1.51. The molecule has 11 aromatic rings. The van der Waals surface area contributed by atoms with Crippen LogP contribution in [0.4, 0.5) is 0 Å². The second kappa shape index (κ2) is 13.4. The maximum atomic E-state index is 10.5. The Bertz CT molecular complexity index is 4300. The molecule has 0 aliphatic rings. The Labute approximate surface area is 360 Å². The number of rotatable bonds is 7. The summed E-state index contributed by atoms with van der Waals surface area (Å²) in [5.41, 5.74) is -0.471. The molecule has 0 saturated heterocycles. The van der Waals surface area contributed by atoms with Crippen LogP contribution in [0.5, 0.6) is 0 Å². The summed E-state index contributed by atoms with van der Waals surface area (Å²) >= 11 is 0. The fourth-order valence-corrected chi connectivity index (χ4v) is 11.5. The van der Waals surface area contributed by atoms with Gasteiger partial charge < -0.3 is 0 Å². The third-order valence-electron chi connectivity index (χ3n) is 9.88. The first kappa shape index (κ1) is 18.0. The lowest BCUT2D eigenvalue weighted by molar-refractivity contribution is 0.893. The first-order chi connectivity index (χ1) is 37.0. The van der Waals surface area contributed by atoms with Crippen LogP contribution in [-0.4, -0.2) is 32.2 Å². The minimum absolute atomic E-state index is 0.0366. The van der Waals surface area contributed by atoms with Gasteiger partial charge in [0.2, 0.25) is 11.9 Å². The number of aromatic nitrogens is 5. The van der Waals surface area contributed by atoms with Crippen molar-refractivity contribution in [3.05, 3.63) is 212 Å². The van der Waals surface area contributed by atoms with Crippen molar-refractivity contribution in [2.45, 2.75) is 0 Å². The van der Waals surface area contributed by atoms with Gasteiger partial charge in [-0.05, 0) is 45.0 Å². The lowest BCUT2D eigenvalue weighted by atomic mass is 10.2. The third kappa shape index (κ3) is 5.19. The lowest BCUT2D eigenvalue weighted by Gasteiger charge is -2.34. The van der Waals surface area contributed by atoms with Crippen molar-refractivity contribution in [1.82, 2.24) is 24.1 Å². The molecule has 0 bridgehead atoms. The minimum Gasteiger partial charge on any atom is -0.278 e. The summed E-state index contributed by atoms with van der Waals surface area (Å²) in [7, 11) is -5.28. The molecule has 0 fully saturated rings. The molecule has 0 spiro atoms. The molecule has 0 N–H and O–H groups in total. The van der Waals surface area contributed by atoms with Crippen molar-refractivity contribution in [3.63, 3.8) is 0 Å². The zero-order valence-electron chi connectivity index (χ0n) is 50.3. The highest BCUT2D eigenvalue weighted by molar-refractivity contribution is 7.19. The molecule has 3 aromatic heterocycles. The Morgan fingerprint density at radius 3 is 1.54 bits per heavy atom. The molecule has 0 aliphatic heterocycles. The smallest absolute Gasteiger partial charge is 0.240 e. The first-order valence-electron chi connectivity index (χ1n) is 28.1. The highest BCUT2D eigenvalue weighted by Gasteiger charge is 2.41. The molecule has 268 valence electrons. The quantitative estimate of drug-likeness (QED) is 0.120. The highest BCUT2D eigenvalue weighted by Crippen LogP contribution is 2.34. The van der Waals surface area contributed by atoms with Crippen LogP contribution in [-0.2, 0) is 0 Å². The van der Waals surface area contributed by atoms with Gasteiger partial charge in [0.15, 0.2) is 13.9 Å². The van der Waals surface area contributed by atoms with Crippen LogP contribution in [0.3, 0.4) is 0 Å². The van der Waals surface area contributed by atoms with E-state index in [2.05, 4.69) is 0 Å². The number of hydrogen-bond acceptors (Lipinski definition) is 3. The second-order valence-corrected chi connectivity index (χ2v) is 16.5. The van der Waals surface area contributed by atoms with Gasteiger partial charge in [0.25, 0.3) is 0 Å². The van der Waals surface area contributed by atoms with Gasteiger partial charge in [-0.2, -0.15) is 15.0 Å². The summed E-state index contributed by atoms with van der Waals surface area (Å²) in [5, 5.41) is -0.737. The van der Waals surface area contributed by atoms with Crippen molar-refractivity contribution in [1.29, 1.82) is 0 Å². The monoisotopic (exact) mass is 766 g/mol. The van der Waals surface area contributed by atoms with Crippen LogP contribution in [0.25, 0.3) is 66.9 Å². The van der Waals surface area contributed by atoms with E-state index in [0.717, 1.165) is 6.07 Å². The number of fused-ring (bicyclic) bond motifs is 6. The normalized spacial score (nSPS) is 17.9. The van der Waals surface area contributed by atoms with Gasteiger partial charge in [0.05, 0.1) is 50.9 Å². The molecule has 0 aliphatic carbocycles. The van der Waals surface area contributed by atoms with Crippen molar-refractivity contribution < 1.29 is 28.8 Å². The van der Waals surface area contributed by atoms with Gasteiger partial charge in [-0.25, -0.2) is 0 Å². The predicted octanol–water partition coefficient (Wildman–Crippen LogP) is 9.11. The van der Waals surface area contributed by atoms with Gasteiger partial charge in [-0.3, -0.25) is 9.13 Å². The molecule has 8 aromatic carbocycles. The van der Waals surface area contributed by atoms with E-state index in [1.165, 1.54) is 33.4 Å². The van der Waals surface area contributed by atoms with E-state index in [0.29, 0.717) is 10.8 Å². The summed E-state index contributed by atoms with van der Waals surface area (Å²) < 4.78 is 195. The highest BCUT2D eigenvalue weighted by atomic mass is 28.3. The second-order valence-electron chi connectivity index (χ2n) is 12.9. The van der Waals surface area contributed by atoms with Gasteiger partial charge in [0.1, 0.15) is 0 Å². The van der Waals surface area contributed by atoms with Crippen molar-refractivity contribution in [2.75, 3.05) is 0 Å². The van der Waals surface area contributed by atoms with Crippen LogP contribution in [0.15, 0.2) is 212 Å². The number of para-hydroxylation sites is 4. The number of benzene rings is 8. The standard InChI is InChI=1S/C51H35N5Si/c1-4-20-37(21-5-1)57(38-22-6-2-7-23-38,39-24-8-3-9-25-39)40-26-18-19-36(35-40)49-52-50(55-45-31-14-10-27-41(45)42-28-11-15-32-46(42)55)54-51(53-49)56-47-33-16-12-29-43(47)44-30-13-17-34-48(44)56/h1-35H/i1D,2D,4D,5D,6D,7D,10D,12D,14D,16D,18D,19D,20D,21D,22D,26D,27D,29D,31D,33D,35D. The molecule has 5 nitrogen and oxygen atoms in total. The third-order valence-corrected chi connectivity index (χ3v) is 14.2. The average Bonchev–Trinajstić information content (AvgIpc) is 4.14. The van der Waals surface area contributed by atoms with E-state index in [9.17, 15) is 12.3 Å². The van der Waals surface area contributed by atoms with Crippen LogP contribution < -0.4 is 20.7 Å². The Hall–Kier alpha value is -7.41. The molecular formula is C51H35N5Si. The predicted molar refractivity (Wildman–Crippen MR) is 238 cm³/mol. The van der Waals surface area contributed by atoms with Crippen LogP contribution in [0.1, 0.15) is 28.8 Å². The summed E-state index contributed by atoms with van der Waals surface area (Å²) in [6.07, 6.45) is 0. The van der Waals surface area contributed by atoms with Crippen LogP contribution in [0, 0.1) is 0 Å². The molecule has 1 unspecified atom stereocenters. The molecule has 57 heavy (non-hydrogen) atoms. The van der Waals surface area contributed by atoms with E-state index >= 15 is 0 Å². The number of nitrogens with zero attached hydrogens (tertiary/aromatic N) is 5. The van der Waals surface area contributed by atoms with Gasteiger partial charge in [-0.1, -0.05) is 188 Å². The largest absolute Gasteiger partial charge is 0.278 e. The Kier molecular flexibility index (Phi) is 4.24. The Morgan fingerprint density at radius 2 is 0.895 bits per heavy atom. The lowest BCUT2D eigenvalue weighted by Crippen LogP contribution is -2.74. The molecule has 11 rings (SSSR count). The van der Waals surface area contributed by atoms with E-state index in [4.69, 9.17) is 31.4 Å². The first-order valence-corrected chi connectivity index (χ1v) is 19.6. The molecular weight excluding hydrogens is 711 g/mol. The summed E-state index contributed by atoms with van der Waals surface area (Å²) in [4.78, 5) is 14.6. The van der Waals surface area contributed by atoms with Crippen molar-refractivity contribution in [3.8, 4) is 23.3 Å². The molecule has 0 amide bonds. The molecule has 0 saturated carbocycles. The van der Waals surface area contributed by atoms with E-state index < -0.39 is 169 Å². The van der Waals surface area contributed by atoms with Crippen LogP contribution in [0.2, 0.25) is 0 Å². The fraction of sp³-hybridized carbons (Fsp3) is 0. The molecule has 1 atom stereocenters. The molecule has 3 heterocycles.